The van der Waals surface area contributed by atoms with Crippen LogP contribution in [-0.4, -0.2) is 106 Å². The number of methoxy groups -OCH3 is 3. The van der Waals surface area contributed by atoms with Crippen LogP contribution in [0.5, 0.6) is 11.5 Å². The molecule has 0 unspecified atom stereocenters. The number of urea groups is 3. The number of carbonyl (C=O) groups excluding carboxylic acids is 4. The first kappa shape index (κ1) is 32.3. The average molecular weight is 601 g/mol. The lowest BCUT2D eigenvalue weighted by molar-refractivity contribution is 0.0599. The molecule has 0 spiro atoms. The van der Waals surface area contributed by atoms with Gasteiger partial charge in [-0.1, -0.05) is 12.1 Å². The summed E-state index contributed by atoms with van der Waals surface area (Å²) in [5.41, 5.74) is 2.24. The van der Waals surface area contributed by atoms with Crippen LogP contribution in [0.2, 0.25) is 0 Å². The fraction of sp³-hybridized carbons (Fsp3) is 0.393. The monoisotopic (exact) mass is 600 g/mol. The number of hydrogen-bond acceptors (Lipinski definition) is 8. The summed E-state index contributed by atoms with van der Waals surface area (Å²) in [6.45, 7) is 5.02. The van der Waals surface area contributed by atoms with Gasteiger partial charge in [-0.15, -0.1) is 0 Å². The van der Waals surface area contributed by atoms with E-state index >= 15 is 0 Å². The summed E-state index contributed by atoms with van der Waals surface area (Å²) in [5.74, 6) is -0.361. The second-order valence-corrected chi connectivity index (χ2v) is 9.34. The lowest BCUT2D eigenvalue weighted by Gasteiger charge is -2.16. The van der Waals surface area contributed by atoms with E-state index in [1.165, 1.54) is 33.5 Å². The van der Waals surface area contributed by atoms with Gasteiger partial charge in [0.05, 0.1) is 45.5 Å². The number of aromatic carboxylic acids is 1. The minimum atomic E-state index is -1.00. The van der Waals surface area contributed by atoms with Gasteiger partial charge < -0.3 is 50.4 Å². The fourth-order valence-corrected chi connectivity index (χ4v) is 4.28. The topological polar surface area (TPSA) is 188 Å². The summed E-state index contributed by atoms with van der Waals surface area (Å²) in [4.78, 5) is 58.6. The third kappa shape index (κ3) is 9.14. The Kier molecular flexibility index (Phi) is 11.8. The molecule has 3 aliphatic rings. The van der Waals surface area contributed by atoms with E-state index in [1.54, 1.807) is 34.1 Å². The summed E-state index contributed by atoms with van der Waals surface area (Å²) in [6, 6.07) is 9.46. The molecule has 5 rings (SSSR count). The number of nitrogens with one attached hydrogen (secondary N) is 4. The zero-order valence-corrected chi connectivity index (χ0v) is 24.2. The van der Waals surface area contributed by atoms with Crippen LogP contribution in [0.3, 0.4) is 0 Å². The van der Waals surface area contributed by atoms with Crippen molar-refractivity contribution in [3.63, 3.8) is 0 Å². The van der Waals surface area contributed by atoms with Gasteiger partial charge in [-0.3, -0.25) is 0 Å². The Bertz CT molecular complexity index is 1330. The van der Waals surface area contributed by atoms with E-state index in [2.05, 4.69) is 26.0 Å². The van der Waals surface area contributed by atoms with Gasteiger partial charge >= 0.3 is 30.0 Å². The predicted molar refractivity (Wildman–Crippen MR) is 153 cm³/mol. The minimum Gasteiger partial charge on any atom is -0.496 e. The molecule has 5 N–H and O–H groups in total. The number of ether oxygens (including phenoxy) is 3. The Morgan fingerprint density at radius 2 is 1.19 bits per heavy atom. The quantitative estimate of drug-likeness (QED) is 0.278. The zero-order valence-electron chi connectivity index (χ0n) is 24.2. The molecule has 0 saturated carbocycles. The molecule has 3 heterocycles. The van der Waals surface area contributed by atoms with Crippen molar-refractivity contribution in [2.24, 2.45) is 0 Å². The van der Waals surface area contributed by atoms with E-state index < -0.39 is 11.9 Å². The highest BCUT2D eigenvalue weighted by Gasteiger charge is 2.22. The lowest BCUT2D eigenvalue weighted by atomic mass is 10.1. The lowest BCUT2D eigenvalue weighted by Crippen LogP contribution is -2.27. The standard InChI is InChI=1S/C13H16N2O4.C12H14N2O4.C3H6N2O/c1-18-11-7-9(12(16)19-2)3-4-10(11)8-15-6-5-14-13(15)17;1-18-10-6-8(11(15)16)2-3-9(10)7-14-5-4-13-12(14)17;6-3-4-1-2-5-3/h3-4,7H,5-6,8H2,1-2H3,(H,14,17);2-3,6H,4-5,7H2,1H3,(H,13,17)(H,15,16);1-2H2,(H2,4,5,6). The fourth-order valence-electron chi connectivity index (χ4n) is 4.28. The SMILES string of the molecule is COC(=O)c1ccc(CN2CCNC2=O)c(OC)c1.COc1cc(C(=O)O)ccc1CN1CCNC1=O.O=C1NCCN1. The Morgan fingerprint density at radius 1 is 0.721 bits per heavy atom. The Balaban J connectivity index is 0.000000197. The number of rotatable bonds is 8. The molecule has 0 atom stereocenters. The number of amides is 6. The minimum absolute atomic E-state index is 0.0463. The van der Waals surface area contributed by atoms with Crippen LogP contribution in [0.1, 0.15) is 31.8 Å². The molecular formula is C28H36N6O9. The highest BCUT2D eigenvalue weighted by molar-refractivity contribution is 5.90. The van der Waals surface area contributed by atoms with Crippen molar-refractivity contribution < 1.29 is 43.3 Å². The second kappa shape index (κ2) is 15.7. The van der Waals surface area contributed by atoms with Gasteiger partial charge in [-0.05, 0) is 24.3 Å². The molecule has 232 valence electrons. The average Bonchev–Trinajstić information content (AvgIpc) is 3.77. The molecule has 6 amide bonds. The largest absolute Gasteiger partial charge is 0.496 e. The first-order chi connectivity index (χ1) is 20.7. The van der Waals surface area contributed by atoms with E-state index in [4.69, 9.17) is 14.6 Å². The highest BCUT2D eigenvalue weighted by atomic mass is 16.5. The van der Waals surface area contributed by atoms with Crippen LogP contribution in [-0.2, 0) is 17.8 Å². The Hall–Kier alpha value is -5.21. The number of nitrogens with zero attached hydrogens (tertiary/aromatic N) is 2. The first-order valence-corrected chi connectivity index (χ1v) is 13.4. The summed E-state index contributed by atoms with van der Waals surface area (Å²) in [7, 11) is 4.34. The normalized spacial score (nSPS) is 15.1. The molecule has 2 aromatic rings. The Labute approximate surface area is 248 Å². The van der Waals surface area contributed by atoms with Crippen molar-refractivity contribution in [3.8, 4) is 11.5 Å². The molecule has 15 heteroatoms. The van der Waals surface area contributed by atoms with Crippen LogP contribution in [0.4, 0.5) is 14.4 Å². The molecule has 0 aliphatic carbocycles. The van der Waals surface area contributed by atoms with Gasteiger partial charge in [0.2, 0.25) is 0 Å². The maximum atomic E-state index is 11.5. The maximum absolute atomic E-state index is 11.5. The Morgan fingerprint density at radius 3 is 1.53 bits per heavy atom. The van der Waals surface area contributed by atoms with E-state index in [9.17, 15) is 24.0 Å². The zero-order chi connectivity index (χ0) is 31.4. The van der Waals surface area contributed by atoms with Crippen molar-refractivity contribution in [1.82, 2.24) is 31.1 Å². The molecule has 2 aromatic carbocycles. The second-order valence-electron chi connectivity index (χ2n) is 9.34. The smallest absolute Gasteiger partial charge is 0.337 e. The molecule has 0 aromatic heterocycles. The van der Waals surface area contributed by atoms with Crippen molar-refractivity contribution >= 4 is 30.0 Å². The van der Waals surface area contributed by atoms with E-state index in [1.807, 2.05) is 0 Å². The number of carboxylic acids is 1. The summed E-state index contributed by atoms with van der Waals surface area (Å²) in [5, 5.41) is 19.5. The highest BCUT2D eigenvalue weighted by Crippen LogP contribution is 2.24. The molecule has 0 bridgehead atoms. The summed E-state index contributed by atoms with van der Waals surface area (Å²) < 4.78 is 15.1. The molecule has 15 nitrogen and oxygen atoms in total. The number of esters is 1. The van der Waals surface area contributed by atoms with Crippen LogP contribution in [0, 0.1) is 0 Å². The van der Waals surface area contributed by atoms with E-state index in [0.29, 0.717) is 56.3 Å². The van der Waals surface area contributed by atoms with Gasteiger partial charge in [-0.2, -0.15) is 0 Å². The maximum Gasteiger partial charge on any atom is 0.337 e. The van der Waals surface area contributed by atoms with Gasteiger partial charge in [-0.25, -0.2) is 24.0 Å². The van der Waals surface area contributed by atoms with Gasteiger partial charge in [0.15, 0.2) is 0 Å². The van der Waals surface area contributed by atoms with Crippen LogP contribution >= 0.6 is 0 Å². The van der Waals surface area contributed by atoms with Gasteiger partial charge in [0.25, 0.3) is 0 Å². The van der Waals surface area contributed by atoms with Crippen molar-refractivity contribution in [2.75, 3.05) is 60.6 Å². The van der Waals surface area contributed by atoms with Crippen LogP contribution in [0.25, 0.3) is 0 Å². The third-order valence-corrected chi connectivity index (χ3v) is 6.55. The van der Waals surface area contributed by atoms with Gasteiger partial charge in [0.1, 0.15) is 11.5 Å². The molecule has 3 aliphatic heterocycles. The number of benzene rings is 2. The van der Waals surface area contributed by atoms with Crippen molar-refractivity contribution in [3.05, 3.63) is 58.7 Å². The van der Waals surface area contributed by atoms with Crippen molar-refractivity contribution in [2.45, 2.75) is 13.1 Å². The molecule has 3 saturated heterocycles. The van der Waals surface area contributed by atoms with Crippen LogP contribution < -0.4 is 30.7 Å². The van der Waals surface area contributed by atoms with Crippen LogP contribution in [0.15, 0.2) is 36.4 Å². The number of carbonyl (C=O) groups is 5. The van der Waals surface area contributed by atoms with E-state index in [-0.39, 0.29) is 23.7 Å². The van der Waals surface area contributed by atoms with Crippen molar-refractivity contribution in [1.29, 1.82) is 0 Å². The van der Waals surface area contributed by atoms with Gasteiger partial charge in [0, 0.05) is 50.4 Å². The van der Waals surface area contributed by atoms with E-state index in [0.717, 1.165) is 24.2 Å². The summed E-state index contributed by atoms with van der Waals surface area (Å²) >= 11 is 0. The third-order valence-electron chi connectivity index (χ3n) is 6.55. The first-order valence-electron chi connectivity index (χ1n) is 13.4. The number of hydrogen-bond donors (Lipinski definition) is 5. The molecule has 0 radical (unpaired) electrons. The molecule has 43 heavy (non-hydrogen) atoms. The predicted octanol–water partition coefficient (Wildman–Crippen LogP) is 1.22. The summed E-state index contributed by atoms with van der Waals surface area (Å²) in [6.07, 6.45) is 0. The molecule has 3 fully saturated rings. The number of carboxylic acid groups (broad SMARTS) is 1. The molecular weight excluding hydrogens is 564 g/mol.